The second kappa shape index (κ2) is 6.40. The Labute approximate surface area is 139 Å². The minimum atomic E-state index is -2.74. The zero-order valence-corrected chi connectivity index (χ0v) is 14.0. The normalized spacial score (nSPS) is 25.4. The van der Waals surface area contributed by atoms with Gasteiger partial charge in [0.15, 0.2) is 0 Å². The maximum absolute atomic E-state index is 13.6. The number of piperidine rings is 1. The Morgan fingerprint density at radius 1 is 1.38 bits per heavy atom. The zero-order valence-electron chi connectivity index (χ0n) is 14.0. The van der Waals surface area contributed by atoms with Crippen LogP contribution < -0.4 is 0 Å². The third-order valence-corrected chi connectivity index (χ3v) is 5.10. The lowest BCUT2D eigenvalue weighted by molar-refractivity contribution is 0.00295. The van der Waals surface area contributed by atoms with Gasteiger partial charge in [0.1, 0.15) is 11.3 Å². The van der Waals surface area contributed by atoms with E-state index in [0.29, 0.717) is 42.9 Å². The van der Waals surface area contributed by atoms with Crippen LogP contribution in [0.2, 0.25) is 0 Å². The topological polar surface area (TPSA) is 69.8 Å². The van der Waals surface area contributed by atoms with Gasteiger partial charge in [-0.2, -0.15) is 0 Å². The Bertz CT molecular complexity index is 592. The number of likely N-dealkylation sites (tertiary alicyclic amines) is 2. The summed E-state index contributed by atoms with van der Waals surface area (Å²) in [4.78, 5) is 16.1. The number of aryl methyl sites for hydroxylation is 2. The molecule has 1 aromatic rings. The highest BCUT2D eigenvalue weighted by molar-refractivity contribution is 5.96. The van der Waals surface area contributed by atoms with Gasteiger partial charge >= 0.3 is 0 Å². The van der Waals surface area contributed by atoms with Gasteiger partial charge in [0.25, 0.3) is 11.8 Å². The number of aromatic nitrogens is 1. The highest BCUT2D eigenvalue weighted by Gasteiger charge is 2.47. The van der Waals surface area contributed by atoms with Crippen LogP contribution in [0.3, 0.4) is 0 Å². The first-order valence-corrected chi connectivity index (χ1v) is 8.29. The molecule has 0 spiro atoms. The van der Waals surface area contributed by atoms with Gasteiger partial charge in [-0.25, -0.2) is 8.78 Å². The Hall–Kier alpha value is -1.54. The molecule has 2 saturated heterocycles. The second-order valence-electron chi connectivity index (χ2n) is 6.79. The average Bonchev–Trinajstić information content (AvgIpc) is 3.05. The van der Waals surface area contributed by atoms with Crippen LogP contribution in [0.15, 0.2) is 4.52 Å². The minimum Gasteiger partial charge on any atom is -0.395 e. The smallest absolute Gasteiger partial charge is 0.262 e. The largest absolute Gasteiger partial charge is 0.395 e. The summed E-state index contributed by atoms with van der Waals surface area (Å²) in [5.41, 5.74) is 1.06. The van der Waals surface area contributed by atoms with Gasteiger partial charge in [0.05, 0.1) is 18.8 Å². The molecule has 0 unspecified atom stereocenters. The van der Waals surface area contributed by atoms with Crippen LogP contribution in [0, 0.1) is 13.8 Å². The molecule has 1 aromatic heterocycles. The number of nitrogens with zero attached hydrogens (tertiary/aromatic N) is 3. The minimum absolute atomic E-state index is 0.0238. The summed E-state index contributed by atoms with van der Waals surface area (Å²) < 4.78 is 32.3. The van der Waals surface area contributed by atoms with Crippen LogP contribution in [0.4, 0.5) is 8.78 Å². The lowest BCUT2D eigenvalue weighted by Crippen LogP contribution is -2.49. The molecule has 24 heavy (non-hydrogen) atoms. The highest BCUT2D eigenvalue weighted by Crippen LogP contribution is 2.35. The number of aliphatic hydroxyl groups is 1. The van der Waals surface area contributed by atoms with Crippen molar-refractivity contribution in [3.63, 3.8) is 0 Å². The van der Waals surface area contributed by atoms with Crippen molar-refractivity contribution >= 4 is 5.91 Å². The molecule has 0 aromatic carbocycles. The van der Waals surface area contributed by atoms with E-state index in [1.807, 2.05) is 0 Å². The van der Waals surface area contributed by atoms with Gasteiger partial charge in [0, 0.05) is 31.6 Å². The number of aliphatic hydroxyl groups excluding tert-OH is 1. The maximum Gasteiger partial charge on any atom is 0.262 e. The Morgan fingerprint density at radius 3 is 2.58 bits per heavy atom. The van der Waals surface area contributed by atoms with E-state index in [9.17, 15) is 18.7 Å². The van der Waals surface area contributed by atoms with Crippen LogP contribution in [-0.2, 0) is 0 Å². The molecule has 0 radical (unpaired) electrons. The molecule has 0 aliphatic carbocycles. The lowest BCUT2D eigenvalue weighted by Gasteiger charge is -2.38. The number of carbonyl (C=O) groups excluding carboxylic acids is 1. The fourth-order valence-electron chi connectivity index (χ4n) is 3.87. The van der Waals surface area contributed by atoms with Crippen molar-refractivity contribution in [3.05, 3.63) is 17.0 Å². The number of halogens is 2. The standard InChI is InChI=1S/C16H23F2N3O3/c1-10-14(11(2)24-19-10)15(23)20-5-3-12(4-6-20)21-9-16(17,18)7-13(21)8-22/h12-13,22H,3-9H2,1-2H3/t13-/m0/s1. The van der Waals surface area contributed by atoms with E-state index >= 15 is 0 Å². The Morgan fingerprint density at radius 2 is 2.04 bits per heavy atom. The van der Waals surface area contributed by atoms with Gasteiger partial charge in [-0.05, 0) is 26.7 Å². The number of amides is 1. The molecule has 134 valence electrons. The van der Waals surface area contributed by atoms with Crippen molar-refractivity contribution in [1.82, 2.24) is 15.0 Å². The number of carbonyl (C=O) groups is 1. The predicted molar refractivity (Wildman–Crippen MR) is 82.0 cm³/mol. The molecule has 0 bridgehead atoms. The molecule has 2 aliphatic heterocycles. The van der Waals surface area contributed by atoms with Crippen LogP contribution >= 0.6 is 0 Å². The first kappa shape index (κ1) is 17.3. The van der Waals surface area contributed by atoms with E-state index in [0.717, 1.165) is 0 Å². The molecule has 2 aliphatic rings. The molecule has 1 atom stereocenters. The van der Waals surface area contributed by atoms with Crippen LogP contribution in [0.25, 0.3) is 0 Å². The van der Waals surface area contributed by atoms with Crippen LogP contribution in [0.1, 0.15) is 41.1 Å². The van der Waals surface area contributed by atoms with Crippen molar-refractivity contribution < 1.29 is 23.2 Å². The van der Waals surface area contributed by atoms with Crippen LogP contribution in [-0.4, -0.2) is 70.2 Å². The van der Waals surface area contributed by atoms with E-state index in [1.54, 1.807) is 23.6 Å². The van der Waals surface area contributed by atoms with E-state index < -0.39 is 12.0 Å². The fourth-order valence-corrected chi connectivity index (χ4v) is 3.87. The Balaban J connectivity index is 1.63. The average molecular weight is 343 g/mol. The van der Waals surface area contributed by atoms with Crippen molar-refractivity contribution in [2.75, 3.05) is 26.2 Å². The van der Waals surface area contributed by atoms with Crippen molar-refractivity contribution in [1.29, 1.82) is 0 Å². The van der Waals surface area contributed by atoms with E-state index in [1.165, 1.54) is 0 Å². The number of rotatable bonds is 3. The summed E-state index contributed by atoms with van der Waals surface area (Å²) >= 11 is 0. The molecule has 8 heteroatoms. The predicted octanol–water partition coefficient (Wildman–Crippen LogP) is 1.60. The molecule has 1 amide bonds. The number of hydrogen-bond donors (Lipinski definition) is 1. The monoisotopic (exact) mass is 343 g/mol. The summed E-state index contributed by atoms with van der Waals surface area (Å²) in [6, 6.07) is -0.515. The fraction of sp³-hybridized carbons (Fsp3) is 0.750. The first-order valence-electron chi connectivity index (χ1n) is 8.29. The van der Waals surface area contributed by atoms with Gasteiger partial charge in [-0.3, -0.25) is 9.69 Å². The molecular formula is C16H23F2N3O3. The SMILES string of the molecule is Cc1noc(C)c1C(=O)N1CCC(N2CC(F)(F)C[C@H]2CO)CC1. The zero-order chi connectivity index (χ0) is 17.5. The van der Waals surface area contributed by atoms with Crippen molar-refractivity contribution in [3.8, 4) is 0 Å². The molecule has 1 N–H and O–H groups in total. The summed E-state index contributed by atoms with van der Waals surface area (Å²) in [5, 5.41) is 13.2. The van der Waals surface area contributed by atoms with Gasteiger partial charge in [-0.1, -0.05) is 5.16 Å². The van der Waals surface area contributed by atoms with E-state index in [-0.39, 0.29) is 31.5 Å². The van der Waals surface area contributed by atoms with E-state index in [2.05, 4.69) is 5.16 Å². The third kappa shape index (κ3) is 3.17. The quantitative estimate of drug-likeness (QED) is 0.903. The van der Waals surface area contributed by atoms with Crippen molar-refractivity contribution in [2.45, 2.75) is 51.1 Å². The molecule has 3 rings (SSSR count). The van der Waals surface area contributed by atoms with E-state index in [4.69, 9.17) is 4.52 Å². The number of alkyl halides is 2. The summed E-state index contributed by atoms with van der Waals surface area (Å²) in [5.74, 6) is -2.36. The first-order chi connectivity index (χ1) is 11.3. The van der Waals surface area contributed by atoms with Gasteiger partial charge in [0.2, 0.25) is 0 Å². The van der Waals surface area contributed by atoms with Gasteiger partial charge < -0.3 is 14.5 Å². The molecular weight excluding hydrogens is 320 g/mol. The lowest BCUT2D eigenvalue weighted by atomic mass is 10.0. The Kier molecular flexibility index (Phi) is 4.61. The summed E-state index contributed by atoms with van der Waals surface area (Å²) in [6.45, 7) is 3.89. The highest BCUT2D eigenvalue weighted by atomic mass is 19.3. The summed E-state index contributed by atoms with van der Waals surface area (Å²) in [7, 11) is 0. The molecule has 0 saturated carbocycles. The molecule has 6 nitrogen and oxygen atoms in total. The third-order valence-electron chi connectivity index (χ3n) is 5.10. The van der Waals surface area contributed by atoms with Crippen LogP contribution in [0.5, 0.6) is 0 Å². The number of hydrogen-bond acceptors (Lipinski definition) is 5. The van der Waals surface area contributed by atoms with Gasteiger partial charge in [-0.15, -0.1) is 0 Å². The summed E-state index contributed by atoms with van der Waals surface area (Å²) in [6.07, 6.45) is 0.963. The molecule has 3 heterocycles. The second-order valence-corrected chi connectivity index (χ2v) is 6.79. The van der Waals surface area contributed by atoms with Crippen molar-refractivity contribution in [2.24, 2.45) is 0 Å². The maximum atomic E-state index is 13.6. The molecule has 2 fully saturated rings.